The number of methoxy groups -OCH3 is 1. The zero-order valence-corrected chi connectivity index (χ0v) is 9.61. The molecule has 0 saturated heterocycles. The van der Waals surface area contributed by atoms with Gasteiger partial charge in [0.15, 0.2) is 0 Å². The molecule has 1 unspecified atom stereocenters. The summed E-state index contributed by atoms with van der Waals surface area (Å²) in [4.78, 5) is 11.8. The number of nitrogens with one attached hydrogen (secondary N) is 1. The predicted octanol–water partition coefficient (Wildman–Crippen LogP) is 0.0285. The summed E-state index contributed by atoms with van der Waals surface area (Å²) in [5.74, 6) is 0.149. The summed E-state index contributed by atoms with van der Waals surface area (Å²) in [5, 5.41) is 15.3. The van der Waals surface area contributed by atoms with Gasteiger partial charge in [-0.2, -0.15) is 0 Å². The molecule has 0 aliphatic rings. The quantitative estimate of drug-likeness (QED) is 0.742. The Balaban J connectivity index is 2.71. The minimum absolute atomic E-state index is 0.178. The number of aliphatic hydroxyl groups excluding tert-OH is 1. The third kappa shape index (κ3) is 2.80. The molecule has 0 bridgehead atoms. The second-order valence-corrected chi connectivity index (χ2v) is 3.51. The highest BCUT2D eigenvalue weighted by atomic mass is 16.5. The minimum Gasteiger partial charge on any atom is -0.394 e. The fourth-order valence-corrected chi connectivity index (χ4v) is 1.41. The van der Waals surface area contributed by atoms with Crippen molar-refractivity contribution in [2.75, 3.05) is 20.3 Å². The normalized spacial score (nSPS) is 12.5. The van der Waals surface area contributed by atoms with Crippen molar-refractivity contribution in [3.8, 4) is 0 Å². The molecular weight excluding hydrogens is 212 g/mol. The average molecular weight is 228 g/mol. The second-order valence-electron chi connectivity index (χ2n) is 3.51. The summed E-state index contributed by atoms with van der Waals surface area (Å²) >= 11 is 0. The number of aromatic nitrogens is 1. The summed E-state index contributed by atoms with van der Waals surface area (Å²) in [7, 11) is 1.50. The molecule has 1 aromatic rings. The molecule has 1 aromatic heterocycles. The molecule has 0 aliphatic carbocycles. The van der Waals surface area contributed by atoms with Crippen LogP contribution in [0.25, 0.3) is 0 Å². The topological polar surface area (TPSA) is 84.6 Å². The lowest BCUT2D eigenvalue weighted by atomic mass is 10.2. The standard InChI is InChI=1S/C10H16N2O4/c1-6-9(7(2)16-12-6)10(14)11-8(4-13)5-15-3/h8,13H,4-5H2,1-3H3,(H,11,14). The van der Waals surface area contributed by atoms with Crippen LogP contribution >= 0.6 is 0 Å². The van der Waals surface area contributed by atoms with E-state index >= 15 is 0 Å². The van der Waals surface area contributed by atoms with Gasteiger partial charge in [0.25, 0.3) is 5.91 Å². The van der Waals surface area contributed by atoms with E-state index in [2.05, 4.69) is 10.5 Å². The zero-order chi connectivity index (χ0) is 12.1. The van der Waals surface area contributed by atoms with Crippen LogP contribution in [0.4, 0.5) is 0 Å². The van der Waals surface area contributed by atoms with Crippen LogP contribution in [0, 0.1) is 13.8 Å². The molecule has 2 N–H and O–H groups in total. The summed E-state index contributed by atoms with van der Waals surface area (Å²) in [5.41, 5.74) is 0.943. The molecule has 1 rings (SSSR count). The lowest BCUT2D eigenvalue weighted by Gasteiger charge is -2.14. The maximum Gasteiger partial charge on any atom is 0.257 e. The van der Waals surface area contributed by atoms with Crippen LogP contribution in [0.15, 0.2) is 4.52 Å². The molecule has 0 radical (unpaired) electrons. The van der Waals surface area contributed by atoms with Crippen LogP contribution in [-0.4, -0.2) is 42.5 Å². The van der Waals surface area contributed by atoms with Gasteiger partial charge in [0, 0.05) is 7.11 Å². The van der Waals surface area contributed by atoms with E-state index < -0.39 is 6.04 Å². The van der Waals surface area contributed by atoms with Crippen molar-refractivity contribution >= 4 is 5.91 Å². The van der Waals surface area contributed by atoms with Crippen LogP contribution in [0.1, 0.15) is 21.8 Å². The molecule has 0 spiro atoms. The zero-order valence-electron chi connectivity index (χ0n) is 9.61. The van der Waals surface area contributed by atoms with Crippen molar-refractivity contribution in [1.82, 2.24) is 10.5 Å². The summed E-state index contributed by atoms with van der Waals surface area (Å²) in [6.45, 7) is 3.43. The Bertz CT molecular complexity index is 342. The van der Waals surface area contributed by atoms with Crippen molar-refractivity contribution in [1.29, 1.82) is 0 Å². The first-order valence-corrected chi connectivity index (χ1v) is 4.93. The van der Waals surface area contributed by atoms with E-state index in [0.29, 0.717) is 17.0 Å². The maximum absolute atomic E-state index is 11.8. The van der Waals surface area contributed by atoms with E-state index in [0.717, 1.165) is 0 Å². The number of nitrogens with zero attached hydrogens (tertiary/aromatic N) is 1. The van der Waals surface area contributed by atoms with Crippen LogP contribution in [0.5, 0.6) is 0 Å². The number of hydrogen-bond acceptors (Lipinski definition) is 5. The van der Waals surface area contributed by atoms with Gasteiger partial charge in [0.05, 0.1) is 24.9 Å². The van der Waals surface area contributed by atoms with Gasteiger partial charge in [-0.1, -0.05) is 5.16 Å². The van der Waals surface area contributed by atoms with Crippen molar-refractivity contribution in [2.45, 2.75) is 19.9 Å². The van der Waals surface area contributed by atoms with Crippen molar-refractivity contribution in [3.63, 3.8) is 0 Å². The maximum atomic E-state index is 11.8. The Kier molecular flexibility index (Phi) is 4.45. The van der Waals surface area contributed by atoms with Crippen molar-refractivity contribution in [2.24, 2.45) is 0 Å². The van der Waals surface area contributed by atoms with Gasteiger partial charge in [-0.05, 0) is 13.8 Å². The number of ether oxygens (including phenoxy) is 1. The van der Waals surface area contributed by atoms with E-state index in [9.17, 15) is 4.79 Å². The van der Waals surface area contributed by atoms with E-state index in [4.69, 9.17) is 14.4 Å². The molecule has 1 amide bonds. The molecule has 90 valence electrons. The van der Waals surface area contributed by atoms with E-state index in [1.807, 2.05) is 0 Å². The van der Waals surface area contributed by atoms with Crippen LogP contribution in [0.3, 0.4) is 0 Å². The summed E-state index contributed by atoms with van der Waals surface area (Å²) in [6.07, 6.45) is 0. The van der Waals surface area contributed by atoms with Gasteiger partial charge in [-0.3, -0.25) is 4.79 Å². The third-order valence-corrected chi connectivity index (χ3v) is 2.18. The molecular formula is C10H16N2O4. The second kappa shape index (κ2) is 5.62. The largest absolute Gasteiger partial charge is 0.394 e. The molecule has 1 heterocycles. The highest BCUT2D eigenvalue weighted by Gasteiger charge is 2.20. The lowest BCUT2D eigenvalue weighted by molar-refractivity contribution is 0.0838. The number of aryl methyl sites for hydroxylation is 2. The van der Waals surface area contributed by atoms with Gasteiger partial charge < -0.3 is 19.7 Å². The number of carbonyl (C=O) groups excluding carboxylic acids is 1. The Morgan fingerprint density at radius 1 is 1.62 bits per heavy atom. The SMILES string of the molecule is COCC(CO)NC(=O)c1c(C)noc1C. The summed E-state index contributed by atoms with van der Waals surface area (Å²) < 4.78 is 9.75. The number of aliphatic hydroxyl groups is 1. The molecule has 6 heteroatoms. The van der Waals surface area contributed by atoms with E-state index in [1.54, 1.807) is 13.8 Å². The van der Waals surface area contributed by atoms with Gasteiger partial charge in [-0.15, -0.1) is 0 Å². The third-order valence-electron chi connectivity index (χ3n) is 2.18. The molecule has 6 nitrogen and oxygen atoms in total. The van der Waals surface area contributed by atoms with E-state index in [-0.39, 0.29) is 19.1 Å². The fourth-order valence-electron chi connectivity index (χ4n) is 1.41. The highest BCUT2D eigenvalue weighted by Crippen LogP contribution is 2.11. The van der Waals surface area contributed by atoms with Crippen LogP contribution in [0.2, 0.25) is 0 Å². The summed E-state index contributed by atoms with van der Waals surface area (Å²) in [6, 6.07) is -0.425. The first-order chi connectivity index (χ1) is 7.60. The monoisotopic (exact) mass is 228 g/mol. The number of rotatable bonds is 5. The van der Waals surface area contributed by atoms with Gasteiger partial charge in [0.1, 0.15) is 11.3 Å². The molecule has 0 fully saturated rings. The van der Waals surface area contributed by atoms with Crippen LogP contribution in [-0.2, 0) is 4.74 Å². The molecule has 16 heavy (non-hydrogen) atoms. The number of hydrogen-bond donors (Lipinski definition) is 2. The Morgan fingerprint density at radius 3 is 2.75 bits per heavy atom. The molecule has 0 saturated carbocycles. The predicted molar refractivity (Wildman–Crippen MR) is 56.2 cm³/mol. The Labute approximate surface area is 93.6 Å². The first-order valence-electron chi connectivity index (χ1n) is 4.93. The number of amides is 1. The molecule has 0 aromatic carbocycles. The average Bonchev–Trinajstić information content (AvgIpc) is 2.57. The number of carbonyl (C=O) groups is 1. The van der Waals surface area contributed by atoms with Gasteiger partial charge in [0.2, 0.25) is 0 Å². The highest BCUT2D eigenvalue weighted by molar-refractivity contribution is 5.96. The Morgan fingerprint density at radius 2 is 2.31 bits per heavy atom. The fraction of sp³-hybridized carbons (Fsp3) is 0.600. The molecule has 1 atom stereocenters. The van der Waals surface area contributed by atoms with E-state index in [1.165, 1.54) is 7.11 Å². The smallest absolute Gasteiger partial charge is 0.257 e. The first kappa shape index (κ1) is 12.7. The molecule has 0 aliphatic heterocycles. The van der Waals surface area contributed by atoms with Gasteiger partial charge in [-0.25, -0.2) is 0 Å². The van der Waals surface area contributed by atoms with Crippen molar-refractivity contribution < 1.29 is 19.2 Å². The van der Waals surface area contributed by atoms with Crippen molar-refractivity contribution in [3.05, 3.63) is 17.0 Å². The lowest BCUT2D eigenvalue weighted by Crippen LogP contribution is -2.40. The minimum atomic E-state index is -0.425. The van der Waals surface area contributed by atoms with Crippen LogP contribution < -0.4 is 5.32 Å². The Hall–Kier alpha value is -1.40. The van der Waals surface area contributed by atoms with Gasteiger partial charge >= 0.3 is 0 Å².